The summed E-state index contributed by atoms with van der Waals surface area (Å²) < 4.78 is 0. The molecule has 1 unspecified atom stereocenters. The Morgan fingerprint density at radius 3 is 2.59 bits per heavy atom. The third-order valence-corrected chi connectivity index (χ3v) is 5.41. The maximum absolute atomic E-state index is 2.73. The Kier molecular flexibility index (Phi) is 4.13. The van der Waals surface area contributed by atoms with E-state index in [1.807, 2.05) is 0 Å². The highest BCUT2D eigenvalue weighted by molar-refractivity contribution is 5.85. The van der Waals surface area contributed by atoms with Gasteiger partial charge < -0.3 is 0 Å². The van der Waals surface area contributed by atoms with Gasteiger partial charge in [-0.25, -0.2) is 0 Å². The summed E-state index contributed by atoms with van der Waals surface area (Å²) in [6, 6.07) is 16.3. The Hall–Kier alpha value is -1.38. The lowest BCUT2D eigenvalue weighted by molar-refractivity contribution is 0.111. The molecule has 2 aliphatic rings. The molecule has 0 saturated carbocycles. The smallest absolute Gasteiger partial charge is 0.0240 e. The summed E-state index contributed by atoms with van der Waals surface area (Å²) in [4.78, 5) is 5.41. The van der Waals surface area contributed by atoms with Gasteiger partial charge in [0.05, 0.1) is 0 Å². The monoisotopic (exact) mass is 294 g/mol. The van der Waals surface area contributed by atoms with E-state index in [4.69, 9.17) is 0 Å². The zero-order valence-corrected chi connectivity index (χ0v) is 13.4. The van der Waals surface area contributed by atoms with E-state index in [9.17, 15) is 0 Å². The fourth-order valence-electron chi connectivity index (χ4n) is 4.25. The molecule has 0 aromatic heterocycles. The van der Waals surface area contributed by atoms with Crippen molar-refractivity contribution < 1.29 is 0 Å². The van der Waals surface area contributed by atoms with Gasteiger partial charge in [0.2, 0.25) is 0 Å². The van der Waals surface area contributed by atoms with E-state index in [0.29, 0.717) is 0 Å². The Bertz CT molecular complexity index is 625. The summed E-state index contributed by atoms with van der Waals surface area (Å²) in [5.74, 6) is 0. The first kappa shape index (κ1) is 14.2. The molecule has 2 saturated heterocycles. The van der Waals surface area contributed by atoms with Gasteiger partial charge in [0.25, 0.3) is 0 Å². The Labute approximate surface area is 133 Å². The molecule has 0 spiro atoms. The van der Waals surface area contributed by atoms with E-state index < -0.39 is 0 Å². The fourth-order valence-corrected chi connectivity index (χ4v) is 4.25. The quantitative estimate of drug-likeness (QED) is 0.847. The van der Waals surface area contributed by atoms with Crippen molar-refractivity contribution in [1.82, 2.24) is 9.80 Å². The van der Waals surface area contributed by atoms with Crippen molar-refractivity contribution in [2.45, 2.75) is 38.3 Å². The van der Waals surface area contributed by atoms with E-state index in [0.717, 1.165) is 12.6 Å². The van der Waals surface area contributed by atoms with Gasteiger partial charge in [-0.15, -0.1) is 0 Å². The lowest BCUT2D eigenvalue weighted by atomic mass is 10.0. The van der Waals surface area contributed by atoms with Crippen LogP contribution >= 0.6 is 0 Å². The molecule has 2 heteroatoms. The summed E-state index contributed by atoms with van der Waals surface area (Å²) in [6.45, 7) is 6.27. The number of benzene rings is 2. The van der Waals surface area contributed by atoms with E-state index in [-0.39, 0.29) is 0 Å². The first-order chi connectivity index (χ1) is 10.9. The summed E-state index contributed by atoms with van der Waals surface area (Å²) >= 11 is 0. The molecular formula is C20H26N2. The normalized spacial score (nSPS) is 24.1. The Morgan fingerprint density at radius 2 is 1.68 bits per heavy atom. The molecule has 2 heterocycles. The minimum Gasteiger partial charge on any atom is -0.299 e. The fraction of sp³-hybridized carbons (Fsp3) is 0.500. The Balaban J connectivity index is 1.49. The van der Waals surface area contributed by atoms with Crippen LogP contribution in [0, 0.1) is 0 Å². The van der Waals surface area contributed by atoms with Gasteiger partial charge in [0.15, 0.2) is 0 Å². The summed E-state index contributed by atoms with van der Waals surface area (Å²) in [6.07, 6.45) is 5.55. The van der Waals surface area contributed by atoms with Crippen molar-refractivity contribution in [2.24, 2.45) is 0 Å². The first-order valence-electron chi connectivity index (χ1n) is 8.83. The maximum atomic E-state index is 2.73. The molecule has 4 rings (SSSR count). The van der Waals surface area contributed by atoms with Crippen LogP contribution in [0.4, 0.5) is 0 Å². The third kappa shape index (κ3) is 2.90. The van der Waals surface area contributed by atoms with Crippen LogP contribution < -0.4 is 0 Å². The highest BCUT2D eigenvalue weighted by Gasteiger charge is 2.27. The molecule has 2 fully saturated rings. The third-order valence-electron chi connectivity index (χ3n) is 5.41. The van der Waals surface area contributed by atoms with E-state index in [1.54, 1.807) is 0 Å². The van der Waals surface area contributed by atoms with Gasteiger partial charge in [-0.05, 0) is 61.7 Å². The molecule has 2 aromatic rings. The van der Waals surface area contributed by atoms with Crippen LogP contribution in [0.15, 0.2) is 42.5 Å². The SMILES string of the molecule is c1ccc2c(CN3CCCC(N4CCCC4)C3)cccc2c1. The van der Waals surface area contributed by atoms with E-state index in [1.165, 1.54) is 68.2 Å². The first-order valence-corrected chi connectivity index (χ1v) is 8.83. The van der Waals surface area contributed by atoms with Crippen molar-refractivity contribution in [1.29, 1.82) is 0 Å². The second kappa shape index (κ2) is 6.39. The molecule has 2 aliphatic heterocycles. The van der Waals surface area contributed by atoms with Crippen molar-refractivity contribution in [3.8, 4) is 0 Å². The van der Waals surface area contributed by atoms with Crippen LogP contribution in [0.5, 0.6) is 0 Å². The second-order valence-corrected chi connectivity index (χ2v) is 6.91. The van der Waals surface area contributed by atoms with Crippen molar-refractivity contribution in [2.75, 3.05) is 26.2 Å². The lowest BCUT2D eigenvalue weighted by Crippen LogP contribution is -2.46. The molecule has 116 valence electrons. The van der Waals surface area contributed by atoms with Gasteiger partial charge in [0.1, 0.15) is 0 Å². The number of rotatable bonds is 3. The number of hydrogen-bond donors (Lipinski definition) is 0. The predicted octanol–water partition coefficient (Wildman–Crippen LogP) is 3.90. The molecule has 2 nitrogen and oxygen atoms in total. The number of piperidine rings is 1. The summed E-state index contributed by atoms with van der Waals surface area (Å²) in [5.41, 5.74) is 1.49. The molecule has 0 amide bonds. The van der Waals surface area contributed by atoms with E-state index >= 15 is 0 Å². The molecular weight excluding hydrogens is 268 g/mol. The largest absolute Gasteiger partial charge is 0.299 e. The van der Waals surface area contributed by atoms with Crippen LogP contribution in [0.25, 0.3) is 10.8 Å². The highest BCUT2D eigenvalue weighted by atomic mass is 15.2. The van der Waals surface area contributed by atoms with Gasteiger partial charge in [-0.3, -0.25) is 9.80 Å². The number of nitrogens with zero attached hydrogens (tertiary/aromatic N) is 2. The van der Waals surface area contributed by atoms with Crippen LogP contribution in [0.2, 0.25) is 0 Å². The summed E-state index contributed by atoms with van der Waals surface area (Å²) in [5, 5.41) is 2.79. The Morgan fingerprint density at radius 1 is 0.864 bits per heavy atom. The number of likely N-dealkylation sites (tertiary alicyclic amines) is 2. The van der Waals surface area contributed by atoms with Crippen LogP contribution in [0.1, 0.15) is 31.2 Å². The maximum Gasteiger partial charge on any atom is 0.0240 e. The second-order valence-electron chi connectivity index (χ2n) is 6.91. The average Bonchev–Trinajstić information content (AvgIpc) is 3.10. The molecule has 0 aliphatic carbocycles. The van der Waals surface area contributed by atoms with Crippen molar-refractivity contribution in [3.05, 3.63) is 48.0 Å². The zero-order chi connectivity index (χ0) is 14.8. The molecule has 0 bridgehead atoms. The molecule has 1 atom stereocenters. The van der Waals surface area contributed by atoms with E-state index in [2.05, 4.69) is 52.3 Å². The van der Waals surface area contributed by atoms with Gasteiger partial charge >= 0.3 is 0 Å². The van der Waals surface area contributed by atoms with Gasteiger partial charge in [0, 0.05) is 19.1 Å². The average molecular weight is 294 g/mol. The van der Waals surface area contributed by atoms with Crippen LogP contribution in [0.3, 0.4) is 0 Å². The van der Waals surface area contributed by atoms with Crippen LogP contribution in [-0.2, 0) is 6.54 Å². The highest BCUT2D eigenvalue weighted by Crippen LogP contribution is 2.24. The zero-order valence-electron chi connectivity index (χ0n) is 13.4. The minimum absolute atomic E-state index is 0.797. The topological polar surface area (TPSA) is 6.48 Å². The summed E-state index contributed by atoms with van der Waals surface area (Å²) in [7, 11) is 0. The number of hydrogen-bond acceptors (Lipinski definition) is 2. The molecule has 0 radical (unpaired) electrons. The van der Waals surface area contributed by atoms with Crippen molar-refractivity contribution in [3.63, 3.8) is 0 Å². The van der Waals surface area contributed by atoms with Crippen LogP contribution in [-0.4, -0.2) is 42.0 Å². The van der Waals surface area contributed by atoms with Crippen molar-refractivity contribution >= 4 is 10.8 Å². The number of fused-ring (bicyclic) bond motifs is 1. The molecule has 2 aromatic carbocycles. The molecule has 0 N–H and O–H groups in total. The minimum atomic E-state index is 0.797. The lowest BCUT2D eigenvalue weighted by Gasteiger charge is -2.37. The molecule has 22 heavy (non-hydrogen) atoms. The van der Waals surface area contributed by atoms with Gasteiger partial charge in [-0.1, -0.05) is 42.5 Å². The predicted molar refractivity (Wildman–Crippen MR) is 93.1 cm³/mol. The standard InChI is InChI=1S/C20H26N2/c1-2-11-20-17(7-1)8-5-9-18(20)15-21-12-6-10-19(16-21)22-13-3-4-14-22/h1-2,5,7-9,11,19H,3-4,6,10,12-16H2. The van der Waals surface area contributed by atoms with Gasteiger partial charge in [-0.2, -0.15) is 0 Å².